The molecule has 1 aliphatic carbocycles. The molecule has 1 aliphatic heterocycles. The van der Waals surface area contributed by atoms with Gasteiger partial charge in [-0.25, -0.2) is 4.79 Å². The first-order chi connectivity index (χ1) is 10.3. The van der Waals surface area contributed by atoms with Gasteiger partial charge in [-0.1, -0.05) is 6.92 Å². The number of rotatable bonds is 5. The molecule has 0 aromatic rings. The van der Waals surface area contributed by atoms with Crippen molar-refractivity contribution in [2.75, 3.05) is 12.4 Å². The van der Waals surface area contributed by atoms with Gasteiger partial charge in [0.2, 0.25) is 0 Å². The zero-order valence-corrected chi connectivity index (χ0v) is 15.2. The monoisotopic (exact) mass is 330 g/mol. The van der Waals surface area contributed by atoms with Crippen LogP contribution in [0.1, 0.15) is 47.5 Å². The van der Waals surface area contributed by atoms with Crippen LogP contribution in [0.2, 0.25) is 0 Å². The fourth-order valence-corrected chi connectivity index (χ4v) is 4.23. The summed E-state index contributed by atoms with van der Waals surface area (Å²) in [5, 5.41) is 7.31. The summed E-state index contributed by atoms with van der Waals surface area (Å²) in [5.41, 5.74) is -0.466. The van der Waals surface area contributed by atoms with E-state index in [1.165, 1.54) is 12.2 Å². The van der Waals surface area contributed by atoms with Crippen LogP contribution in [0.5, 0.6) is 0 Å². The van der Waals surface area contributed by atoms with Crippen LogP contribution in [0.4, 0.5) is 4.79 Å². The number of amides is 1. The minimum atomic E-state index is -0.466. The summed E-state index contributed by atoms with van der Waals surface area (Å²) >= 11 is 2.00. The molecule has 2 N–H and O–H groups in total. The van der Waals surface area contributed by atoms with Crippen molar-refractivity contribution in [3.05, 3.63) is 0 Å². The highest BCUT2D eigenvalue weighted by Gasteiger charge is 2.45. The van der Waals surface area contributed by atoms with E-state index in [0.29, 0.717) is 17.9 Å². The lowest BCUT2D eigenvalue weighted by Crippen LogP contribution is -2.68. The molecule has 1 saturated carbocycles. The number of ether oxygens (including phenoxy) is 2. The zero-order chi connectivity index (χ0) is 16.3. The van der Waals surface area contributed by atoms with E-state index in [4.69, 9.17) is 9.47 Å². The molecule has 0 spiro atoms. The molecule has 2 rings (SSSR count). The molecule has 0 radical (unpaired) electrons. The summed E-state index contributed by atoms with van der Waals surface area (Å²) in [6, 6.07) is 0.768. The largest absolute Gasteiger partial charge is 0.444 e. The Balaban J connectivity index is 1.88. The second-order valence-electron chi connectivity index (χ2n) is 7.15. The quantitative estimate of drug-likeness (QED) is 0.811. The first kappa shape index (κ1) is 17.9. The van der Waals surface area contributed by atoms with Gasteiger partial charge in [-0.15, -0.1) is 0 Å². The summed E-state index contributed by atoms with van der Waals surface area (Å²) < 4.78 is 11.1. The van der Waals surface area contributed by atoms with Crippen LogP contribution in [-0.2, 0) is 9.47 Å². The van der Waals surface area contributed by atoms with Crippen LogP contribution in [0.25, 0.3) is 0 Å². The third-order valence-electron chi connectivity index (χ3n) is 4.19. The lowest BCUT2D eigenvalue weighted by molar-refractivity contribution is -0.0464. The maximum absolute atomic E-state index is 12.0. The van der Waals surface area contributed by atoms with Gasteiger partial charge in [0, 0.05) is 17.9 Å². The van der Waals surface area contributed by atoms with Gasteiger partial charge in [0.05, 0.1) is 18.2 Å². The zero-order valence-electron chi connectivity index (χ0n) is 14.3. The van der Waals surface area contributed by atoms with E-state index in [-0.39, 0.29) is 24.3 Å². The van der Waals surface area contributed by atoms with Crippen molar-refractivity contribution in [1.82, 2.24) is 10.6 Å². The van der Waals surface area contributed by atoms with Crippen molar-refractivity contribution in [3.63, 3.8) is 0 Å². The molecular formula is C16H30N2O3S. The Morgan fingerprint density at radius 2 is 2.05 bits per heavy atom. The molecule has 1 heterocycles. The van der Waals surface area contributed by atoms with Crippen molar-refractivity contribution >= 4 is 17.9 Å². The van der Waals surface area contributed by atoms with Gasteiger partial charge < -0.3 is 20.1 Å². The Kier molecular flexibility index (Phi) is 6.02. The second-order valence-corrected chi connectivity index (χ2v) is 8.63. The van der Waals surface area contributed by atoms with Gasteiger partial charge in [0.15, 0.2) is 0 Å². The normalized spacial score (nSPS) is 35.0. The Morgan fingerprint density at radius 1 is 1.32 bits per heavy atom. The fourth-order valence-electron chi connectivity index (χ4n) is 3.02. The lowest BCUT2D eigenvalue weighted by atomic mass is 9.82. The van der Waals surface area contributed by atoms with Crippen LogP contribution in [0, 0.1) is 0 Å². The first-order valence-electron chi connectivity index (χ1n) is 8.29. The van der Waals surface area contributed by atoms with E-state index in [0.717, 1.165) is 6.42 Å². The molecule has 22 heavy (non-hydrogen) atoms. The molecule has 2 fully saturated rings. The third kappa shape index (κ3) is 4.77. The minimum Gasteiger partial charge on any atom is -0.444 e. The van der Waals surface area contributed by atoms with Gasteiger partial charge in [-0.3, -0.25) is 0 Å². The maximum Gasteiger partial charge on any atom is 0.407 e. The van der Waals surface area contributed by atoms with E-state index >= 15 is 0 Å². The Labute approximate surface area is 138 Å². The predicted octanol–water partition coefficient (Wildman–Crippen LogP) is 2.54. The van der Waals surface area contributed by atoms with Gasteiger partial charge in [0.1, 0.15) is 5.60 Å². The summed E-state index contributed by atoms with van der Waals surface area (Å²) in [5.74, 6) is 1.20. The number of alkyl carbamates (subject to hydrolysis) is 1. The standard InChI is InChI=1S/C16H30N2O3S/c1-6-20-13-9-12(18-15(19)21-16(3,4)5)14(13)17-11-7-8-22-10(11)2/h10-14,17H,6-9H2,1-5H3,(H,18,19). The van der Waals surface area contributed by atoms with E-state index in [9.17, 15) is 4.79 Å². The average Bonchev–Trinajstić information content (AvgIpc) is 2.78. The van der Waals surface area contributed by atoms with E-state index in [1.807, 2.05) is 39.5 Å². The first-order valence-corrected chi connectivity index (χ1v) is 9.34. The lowest BCUT2D eigenvalue weighted by Gasteiger charge is -2.46. The topological polar surface area (TPSA) is 59.6 Å². The molecule has 0 aromatic carbocycles. The summed E-state index contributed by atoms with van der Waals surface area (Å²) in [4.78, 5) is 12.0. The van der Waals surface area contributed by atoms with Crippen molar-refractivity contribution < 1.29 is 14.3 Å². The highest BCUT2D eigenvalue weighted by Crippen LogP contribution is 2.31. The summed E-state index contributed by atoms with van der Waals surface area (Å²) in [7, 11) is 0. The summed E-state index contributed by atoms with van der Waals surface area (Å²) in [6.07, 6.45) is 1.87. The number of hydrogen-bond donors (Lipinski definition) is 2. The van der Waals surface area contributed by atoms with Crippen LogP contribution in [0.15, 0.2) is 0 Å². The Hall–Kier alpha value is -0.460. The van der Waals surface area contributed by atoms with Crippen molar-refractivity contribution in [2.45, 2.75) is 82.5 Å². The highest BCUT2D eigenvalue weighted by atomic mass is 32.2. The molecule has 5 atom stereocenters. The van der Waals surface area contributed by atoms with Gasteiger partial charge >= 0.3 is 6.09 Å². The summed E-state index contributed by atoms with van der Waals surface area (Å²) in [6.45, 7) is 10.6. The number of carbonyl (C=O) groups excluding carboxylic acids is 1. The molecule has 128 valence electrons. The molecule has 5 nitrogen and oxygen atoms in total. The molecule has 0 aromatic heterocycles. The van der Waals surface area contributed by atoms with Crippen molar-refractivity contribution in [3.8, 4) is 0 Å². The molecule has 0 bridgehead atoms. The number of nitrogens with one attached hydrogen (secondary N) is 2. The third-order valence-corrected chi connectivity index (χ3v) is 5.51. The van der Waals surface area contributed by atoms with Crippen molar-refractivity contribution in [2.24, 2.45) is 0 Å². The molecular weight excluding hydrogens is 300 g/mol. The molecule has 5 unspecified atom stereocenters. The second kappa shape index (κ2) is 7.41. The molecule has 1 saturated heterocycles. The fraction of sp³-hybridized carbons (Fsp3) is 0.938. The number of carbonyl (C=O) groups is 1. The van der Waals surface area contributed by atoms with Crippen LogP contribution < -0.4 is 10.6 Å². The predicted molar refractivity (Wildman–Crippen MR) is 90.4 cm³/mol. The van der Waals surface area contributed by atoms with E-state index < -0.39 is 5.60 Å². The van der Waals surface area contributed by atoms with Crippen LogP contribution in [0.3, 0.4) is 0 Å². The van der Waals surface area contributed by atoms with Gasteiger partial charge in [0.25, 0.3) is 0 Å². The molecule has 2 aliphatic rings. The highest BCUT2D eigenvalue weighted by molar-refractivity contribution is 8.00. The molecule has 1 amide bonds. The Bertz CT molecular complexity index is 386. The van der Waals surface area contributed by atoms with Crippen LogP contribution in [-0.4, -0.2) is 53.5 Å². The van der Waals surface area contributed by atoms with Gasteiger partial charge in [-0.05, 0) is 46.3 Å². The Morgan fingerprint density at radius 3 is 2.59 bits per heavy atom. The van der Waals surface area contributed by atoms with Crippen LogP contribution >= 0.6 is 11.8 Å². The average molecular weight is 330 g/mol. The number of thioether (sulfide) groups is 1. The van der Waals surface area contributed by atoms with E-state index in [2.05, 4.69) is 17.6 Å². The minimum absolute atomic E-state index is 0.0872. The van der Waals surface area contributed by atoms with Gasteiger partial charge in [-0.2, -0.15) is 11.8 Å². The maximum atomic E-state index is 12.0. The smallest absolute Gasteiger partial charge is 0.407 e. The molecule has 6 heteroatoms. The SMILES string of the molecule is CCOC1CC(NC(=O)OC(C)(C)C)C1NC1CCSC1C. The van der Waals surface area contributed by atoms with E-state index in [1.54, 1.807) is 0 Å². The van der Waals surface area contributed by atoms with Crippen molar-refractivity contribution in [1.29, 1.82) is 0 Å². The number of hydrogen-bond acceptors (Lipinski definition) is 5.